The summed E-state index contributed by atoms with van der Waals surface area (Å²) in [6.45, 7) is 5.41. The number of phenolic OH excluding ortho intramolecular Hbond substituents is 1. The van der Waals surface area contributed by atoms with Crippen LogP contribution in [0.25, 0.3) is 0 Å². The van der Waals surface area contributed by atoms with Crippen LogP contribution in [0.5, 0.6) is 11.5 Å². The maximum absolute atomic E-state index is 11.6. The molecule has 0 aliphatic heterocycles. The maximum Gasteiger partial charge on any atom is 0.310 e. The van der Waals surface area contributed by atoms with Crippen LogP contribution in [-0.4, -0.2) is 23.8 Å². The standard InChI is InChI=1S/C13H18O4/c1-13(2,3)17-12(15)8-9-7-10(16-4)5-6-11(9)14/h5-7,14H,8H2,1-4H3. The van der Waals surface area contributed by atoms with Crippen LogP contribution in [-0.2, 0) is 16.0 Å². The molecule has 4 nitrogen and oxygen atoms in total. The summed E-state index contributed by atoms with van der Waals surface area (Å²) >= 11 is 0. The molecular weight excluding hydrogens is 220 g/mol. The first kappa shape index (κ1) is 13.4. The van der Waals surface area contributed by atoms with Gasteiger partial charge in [-0.05, 0) is 39.0 Å². The first-order valence-electron chi connectivity index (χ1n) is 5.39. The van der Waals surface area contributed by atoms with Gasteiger partial charge in [0.15, 0.2) is 0 Å². The van der Waals surface area contributed by atoms with Crippen LogP contribution in [0.2, 0.25) is 0 Å². The van der Waals surface area contributed by atoms with E-state index in [4.69, 9.17) is 9.47 Å². The molecule has 0 bridgehead atoms. The zero-order valence-corrected chi connectivity index (χ0v) is 10.6. The van der Waals surface area contributed by atoms with Gasteiger partial charge in [-0.2, -0.15) is 0 Å². The van der Waals surface area contributed by atoms with E-state index in [0.717, 1.165) is 0 Å². The van der Waals surface area contributed by atoms with Crippen molar-refractivity contribution in [1.29, 1.82) is 0 Å². The second kappa shape index (κ2) is 5.08. The number of ether oxygens (including phenoxy) is 2. The van der Waals surface area contributed by atoms with E-state index in [0.29, 0.717) is 11.3 Å². The molecular formula is C13H18O4. The SMILES string of the molecule is COc1ccc(O)c(CC(=O)OC(C)(C)C)c1. The molecule has 0 aromatic heterocycles. The Kier molecular flexibility index (Phi) is 3.99. The summed E-state index contributed by atoms with van der Waals surface area (Å²) in [5, 5.41) is 9.61. The molecule has 0 saturated heterocycles. The van der Waals surface area contributed by atoms with Crippen LogP contribution in [0.3, 0.4) is 0 Å². The summed E-state index contributed by atoms with van der Waals surface area (Å²) in [5.74, 6) is 0.291. The summed E-state index contributed by atoms with van der Waals surface area (Å²) in [7, 11) is 1.53. The molecule has 1 aromatic rings. The Bertz CT molecular complexity index is 404. The van der Waals surface area contributed by atoms with E-state index in [1.165, 1.54) is 13.2 Å². The number of aromatic hydroxyl groups is 1. The molecule has 0 aliphatic carbocycles. The van der Waals surface area contributed by atoms with Crippen LogP contribution in [0, 0.1) is 0 Å². The minimum absolute atomic E-state index is 0.0281. The van der Waals surface area contributed by atoms with Crippen molar-refractivity contribution in [3.63, 3.8) is 0 Å². The average Bonchev–Trinajstić information content (AvgIpc) is 2.18. The number of benzene rings is 1. The Balaban J connectivity index is 2.77. The van der Waals surface area contributed by atoms with E-state index in [9.17, 15) is 9.90 Å². The first-order valence-corrected chi connectivity index (χ1v) is 5.39. The van der Waals surface area contributed by atoms with Crippen molar-refractivity contribution in [3.8, 4) is 11.5 Å². The lowest BCUT2D eigenvalue weighted by molar-refractivity contribution is -0.153. The monoisotopic (exact) mass is 238 g/mol. The number of methoxy groups -OCH3 is 1. The highest BCUT2D eigenvalue weighted by Gasteiger charge is 2.17. The van der Waals surface area contributed by atoms with Crippen molar-refractivity contribution < 1.29 is 19.4 Å². The fourth-order valence-electron chi connectivity index (χ4n) is 1.36. The Morgan fingerprint density at radius 3 is 2.53 bits per heavy atom. The number of phenols is 1. The Morgan fingerprint density at radius 2 is 2.00 bits per heavy atom. The summed E-state index contributed by atoms with van der Waals surface area (Å²) in [6, 6.07) is 4.76. The van der Waals surface area contributed by atoms with Crippen molar-refractivity contribution in [2.45, 2.75) is 32.8 Å². The molecule has 4 heteroatoms. The third-order valence-electron chi connectivity index (χ3n) is 2.04. The van der Waals surface area contributed by atoms with Gasteiger partial charge in [-0.1, -0.05) is 0 Å². The largest absolute Gasteiger partial charge is 0.508 e. The molecule has 17 heavy (non-hydrogen) atoms. The molecule has 0 spiro atoms. The third kappa shape index (κ3) is 4.34. The van der Waals surface area contributed by atoms with Gasteiger partial charge in [-0.25, -0.2) is 0 Å². The fraction of sp³-hybridized carbons (Fsp3) is 0.462. The molecule has 1 aromatic carbocycles. The third-order valence-corrected chi connectivity index (χ3v) is 2.04. The highest BCUT2D eigenvalue weighted by atomic mass is 16.6. The smallest absolute Gasteiger partial charge is 0.310 e. The minimum Gasteiger partial charge on any atom is -0.508 e. The van der Waals surface area contributed by atoms with Crippen LogP contribution < -0.4 is 4.74 Å². The molecule has 0 saturated carbocycles. The quantitative estimate of drug-likeness (QED) is 0.821. The van der Waals surface area contributed by atoms with Crippen LogP contribution >= 0.6 is 0 Å². The molecule has 94 valence electrons. The lowest BCUT2D eigenvalue weighted by Gasteiger charge is -2.19. The molecule has 0 aliphatic rings. The number of carbonyl (C=O) groups excluding carboxylic acids is 1. The van der Waals surface area contributed by atoms with Crippen LogP contribution in [0.4, 0.5) is 0 Å². The molecule has 0 heterocycles. The van der Waals surface area contributed by atoms with E-state index in [2.05, 4.69) is 0 Å². The van der Waals surface area contributed by atoms with Gasteiger partial charge in [0.1, 0.15) is 17.1 Å². The predicted octanol–water partition coefficient (Wildman–Crippen LogP) is 2.29. The van der Waals surface area contributed by atoms with Crippen LogP contribution in [0.15, 0.2) is 18.2 Å². The van der Waals surface area contributed by atoms with E-state index in [1.54, 1.807) is 32.9 Å². The van der Waals surface area contributed by atoms with Gasteiger partial charge in [0.2, 0.25) is 0 Å². The molecule has 0 radical (unpaired) electrons. The van der Waals surface area contributed by atoms with Gasteiger partial charge in [-0.3, -0.25) is 4.79 Å². The van der Waals surface area contributed by atoms with E-state index in [1.807, 2.05) is 0 Å². The Hall–Kier alpha value is -1.71. The number of rotatable bonds is 3. The number of esters is 1. The summed E-state index contributed by atoms with van der Waals surface area (Å²) in [4.78, 5) is 11.6. The van der Waals surface area contributed by atoms with Crippen molar-refractivity contribution in [3.05, 3.63) is 23.8 Å². The highest BCUT2D eigenvalue weighted by molar-refractivity contribution is 5.74. The predicted molar refractivity (Wildman–Crippen MR) is 64.2 cm³/mol. The summed E-state index contributed by atoms with van der Waals surface area (Å²) < 4.78 is 10.2. The van der Waals surface area contributed by atoms with E-state index in [-0.39, 0.29) is 18.1 Å². The topological polar surface area (TPSA) is 55.8 Å². The molecule has 0 atom stereocenters. The second-order valence-electron chi connectivity index (χ2n) is 4.76. The van der Waals surface area contributed by atoms with Gasteiger partial charge in [-0.15, -0.1) is 0 Å². The number of hydrogen-bond donors (Lipinski definition) is 1. The average molecular weight is 238 g/mol. The molecule has 0 fully saturated rings. The van der Waals surface area contributed by atoms with Crippen LogP contribution in [0.1, 0.15) is 26.3 Å². The first-order chi connectivity index (χ1) is 7.81. The zero-order valence-electron chi connectivity index (χ0n) is 10.6. The maximum atomic E-state index is 11.6. The number of hydrogen-bond acceptors (Lipinski definition) is 4. The number of carbonyl (C=O) groups is 1. The van der Waals surface area contributed by atoms with Crippen molar-refractivity contribution in [1.82, 2.24) is 0 Å². The second-order valence-corrected chi connectivity index (χ2v) is 4.76. The molecule has 0 unspecified atom stereocenters. The van der Waals surface area contributed by atoms with Gasteiger partial charge in [0, 0.05) is 5.56 Å². The van der Waals surface area contributed by atoms with E-state index < -0.39 is 5.60 Å². The van der Waals surface area contributed by atoms with Crippen molar-refractivity contribution in [2.24, 2.45) is 0 Å². The lowest BCUT2D eigenvalue weighted by atomic mass is 10.1. The van der Waals surface area contributed by atoms with Gasteiger partial charge >= 0.3 is 5.97 Å². The van der Waals surface area contributed by atoms with E-state index >= 15 is 0 Å². The zero-order chi connectivity index (χ0) is 13.1. The molecule has 1 N–H and O–H groups in total. The molecule has 1 rings (SSSR count). The van der Waals surface area contributed by atoms with Crippen molar-refractivity contribution in [2.75, 3.05) is 7.11 Å². The highest BCUT2D eigenvalue weighted by Crippen LogP contribution is 2.24. The van der Waals surface area contributed by atoms with Gasteiger partial charge in [0.25, 0.3) is 0 Å². The lowest BCUT2D eigenvalue weighted by Crippen LogP contribution is -2.24. The van der Waals surface area contributed by atoms with Gasteiger partial charge < -0.3 is 14.6 Å². The van der Waals surface area contributed by atoms with Gasteiger partial charge in [0.05, 0.1) is 13.5 Å². The fourth-order valence-corrected chi connectivity index (χ4v) is 1.36. The van der Waals surface area contributed by atoms with Crippen molar-refractivity contribution >= 4 is 5.97 Å². The minimum atomic E-state index is -0.522. The molecule has 0 amide bonds. The summed E-state index contributed by atoms with van der Waals surface area (Å²) in [6.07, 6.45) is 0.0281. The normalized spacial score (nSPS) is 11.1. The Morgan fingerprint density at radius 1 is 1.35 bits per heavy atom. The Labute approximate surface area is 101 Å². The summed E-state index contributed by atoms with van der Waals surface area (Å²) in [5.41, 5.74) is -0.0235.